The van der Waals surface area contributed by atoms with Crippen molar-refractivity contribution in [3.63, 3.8) is 0 Å². The molecule has 170 valence electrons. The predicted octanol–water partition coefficient (Wildman–Crippen LogP) is 3.53. The Morgan fingerprint density at radius 1 is 1.06 bits per heavy atom. The Morgan fingerprint density at radius 2 is 1.97 bits per heavy atom. The molecule has 4 aromatic heterocycles. The number of fused-ring (bicyclic) bond motifs is 1. The molecule has 5 rings (SSSR count). The summed E-state index contributed by atoms with van der Waals surface area (Å²) in [6.07, 6.45) is 6.76. The number of nitrogens with zero attached hydrogens (tertiary/aromatic N) is 7. The second kappa shape index (κ2) is 9.54. The lowest BCUT2D eigenvalue weighted by Gasteiger charge is -2.12. The monoisotopic (exact) mass is 493 g/mol. The van der Waals surface area contributed by atoms with Gasteiger partial charge in [-0.2, -0.15) is 10.1 Å². The minimum atomic E-state index is -0.287. The highest BCUT2D eigenvalue weighted by Gasteiger charge is 2.16. The van der Waals surface area contributed by atoms with Crippen molar-refractivity contribution in [1.29, 1.82) is 0 Å². The highest BCUT2D eigenvalue weighted by atomic mass is 35.5. The number of halogens is 2. The lowest BCUT2D eigenvalue weighted by atomic mass is 10.2. The second-order valence-electron chi connectivity index (χ2n) is 7.33. The number of nitrogens with one attached hydrogen (secondary N) is 2. The maximum Gasteiger partial charge on any atom is 0.278 e. The third kappa shape index (κ3) is 4.59. The molecule has 0 fully saturated rings. The van der Waals surface area contributed by atoms with Crippen molar-refractivity contribution < 1.29 is 0 Å². The molecule has 0 amide bonds. The number of aromatic nitrogens is 8. The first-order chi connectivity index (χ1) is 16.6. The average Bonchev–Trinajstić information content (AvgIpc) is 3.38. The van der Waals surface area contributed by atoms with E-state index in [1.54, 1.807) is 47.4 Å². The summed E-state index contributed by atoms with van der Waals surface area (Å²) in [5.74, 6) is 0.937. The van der Waals surface area contributed by atoms with Crippen LogP contribution >= 0.6 is 23.2 Å². The summed E-state index contributed by atoms with van der Waals surface area (Å²) in [4.78, 5) is 35.2. The van der Waals surface area contributed by atoms with Crippen LogP contribution in [0.3, 0.4) is 0 Å². The van der Waals surface area contributed by atoms with E-state index in [2.05, 4.69) is 40.4 Å². The number of rotatable bonds is 7. The molecular weight excluding hydrogens is 477 g/mol. The molecular formula is C22H17Cl2N9O. The van der Waals surface area contributed by atoms with Gasteiger partial charge >= 0.3 is 0 Å². The molecule has 0 atom stereocenters. The van der Waals surface area contributed by atoms with Crippen LogP contribution in [0.4, 0.5) is 5.95 Å². The Hall–Kier alpha value is -3.89. The summed E-state index contributed by atoms with van der Waals surface area (Å²) < 4.78 is 1.56. The van der Waals surface area contributed by atoms with E-state index in [1.165, 1.54) is 6.33 Å². The fourth-order valence-electron chi connectivity index (χ4n) is 3.42. The molecule has 4 heterocycles. The zero-order valence-corrected chi connectivity index (χ0v) is 19.1. The van der Waals surface area contributed by atoms with Gasteiger partial charge in [-0.1, -0.05) is 29.3 Å². The summed E-state index contributed by atoms with van der Waals surface area (Å²) >= 11 is 12.1. The van der Waals surface area contributed by atoms with Gasteiger partial charge in [0.15, 0.2) is 11.5 Å². The maximum atomic E-state index is 13.4. The molecule has 0 bridgehead atoms. The van der Waals surface area contributed by atoms with Crippen LogP contribution in [0.1, 0.15) is 11.4 Å². The van der Waals surface area contributed by atoms with Gasteiger partial charge < -0.3 is 5.32 Å². The zero-order chi connectivity index (χ0) is 23.5. The largest absolute Gasteiger partial charge is 0.350 e. The number of benzene rings is 1. The van der Waals surface area contributed by atoms with Gasteiger partial charge in [-0.3, -0.25) is 19.4 Å². The van der Waals surface area contributed by atoms with E-state index in [4.69, 9.17) is 23.2 Å². The minimum Gasteiger partial charge on any atom is -0.350 e. The predicted molar refractivity (Wildman–Crippen MR) is 129 cm³/mol. The smallest absolute Gasteiger partial charge is 0.278 e. The molecule has 0 saturated carbocycles. The minimum absolute atomic E-state index is 0.274. The third-order valence-electron chi connectivity index (χ3n) is 5.08. The molecule has 0 unspecified atom stereocenters. The molecule has 34 heavy (non-hydrogen) atoms. The molecule has 0 radical (unpaired) electrons. The number of hydrogen-bond donors (Lipinski definition) is 2. The number of aryl methyl sites for hydroxylation is 2. The first-order valence-electron chi connectivity index (χ1n) is 10.3. The van der Waals surface area contributed by atoms with Crippen molar-refractivity contribution in [3.8, 4) is 11.3 Å². The van der Waals surface area contributed by atoms with Crippen molar-refractivity contribution in [2.24, 2.45) is 0 Å². The van der Waals surface area contributed by atoms with E-state index >= 15 is 0 Å². The van der Waals surface area contributed by atoms with Crippen molar-refractivity contribution in [1.82, 2.24) is 39.7 Å². The normalized spacial score (nSPS) is 11.1. The van der Waals surface area contributed by atoms with E-state index in [1.807, 2.05) is 6.07 Å². The summed E-state index contributed by atoms with van der Waals surface area (Å²) in [6.45, 7) is 0.733. The van der Waals surface area contributed by atoms with Gasteiger partial charge in [-0.25, -0.2) is 15.0 Å². The molecule has 0 spiro atoms. The van der Waals surface area contributed by atoms with Gasteiger partial charge in [0.05, 0.1) is 16.2 Å². The lowest BCUT2D eigenvalue weighted by molar-refractivity contribution is 0.664. The average molecular weight is 494 g/mol. The number of aromatic amines is 1. The van der Waals surface area contributed by atoms with Crippen LogP contribution in [0.15, 0.2) is 60.0 Å². The summed E-state index contributed by atoms with van der Waals surface area (Å²) in [5, 5.41) is 10.9. The molecule has 0 aliphatic rings. The lowest BCUT2D eigenvalue weighted by Crippen LogP contribution is -2.26. The van der Waals surface area contributed by atoms with Gasteiger partial charge in [0.2, 0.25) is 5.95 Å². The van der Waals surface area contributed by atoms with E-state index in [0.717, 1.165) is 5.56 Å². The van der Waals surface area contributed by atoms with E-state index < -0.39 is 0 Å². The van der Waals surface area contributed by atoms with Crippen molar-refractivity contribution in [2.45, 2.75) is 19.5 Å². The van der Waals surface area contributed by atoms with Gasteiger partial charge in [0.25, 0.3) is 5.56 Å². The van der Waals surface area contributed by atoms with E-state index in [0.29, 0.717) is 58.1 Å². The topological polar surface area (TPSA) is 127 Å². The standard InChI is InChI=1S/C22H17Cl2N9O/c23-15-4-3-13(8-16(15)24)9-26-22-27-11-17-20(31-22)33(7-5-18-28-12-29-32-18)21(34)19(30-17)14-2-1-6-25-10-14/h1-4,6,8,10-12H,5,7,9H2,(H,26,27,31)(H,28,29,32). The van der Waals surface area contributed by atoms with Crippen molar-refractivity contribution >= 4 is 40.3 Å². The Morgan fingerprint density at radius 3 is 2.74 bits per heavy atom. The zero-order valence-electron chi connectivity index (χ0n) is 17.6. The molecule has 10 nitrogen and oxygen atoms in total. The van der Waals surface area contributed by atoms with Gasteiger partial charge in [0, 0.05) is 37.5 Å². The third-order valence-corrected chi connectivity index (χ3v) is 5.82. The van der Waals surface area contributed by atoms with Crippen molar-refractivity contribution in [3.05, 3.63) is 87.0 Å². The van der Waals surface area contributed by atoms with Crippen LogP contribution in [0.25, 0.3) is 22.4 Å². The Kier molecular flexibility index (Phi) is 6.15. The number of anilines is 1. The summed E-state index contributed by atoms with van der Waals surface area (Å²) in [6, 6.07) is 8.90. The molecule has 1 aromatic carbocycles. The highest BCUT2D eigenvalue weighted by molar-refractivity contribution is 6.42. The number of pyridine rings is 1. The number of H-pyrrole nitrogens is 1. The van der Waals surface area contributed by atoms with Crippen molar-refractivity contribution in [2.75, 3.05) is 5.32 Å². The maximum absolute atomic E-state index is 13.4. The fourth-order valence-corrected chi connectivity index (χ4v) is 3.74. The van der Waals surface area contributed by atoms with E-state index in [9.17, 15) is 4.79 Å². The van der Waals surface area contributed by atoms with E-state index in [-0.39, 0.29) is 11.3 Å². The molecule has 0 aliphatic carbocycles. The molecule has 0 aliphatic heterocycles. The van der Waals surface area contributed by atoms with Gasteiger partial charge in [0.1, 0.15) is 17.5 Å². The molecule has 12 heteroatoms. The Labute approximate surface area is 203 Å². The Bertz CT molecular complexity index is 1500. The first-order valence-corrected chi connectivity index (χ1v) is 11.0. The fraction of sp³-hybridized carbons (Fsp3) is 0.136. The van der Waals surface area contributed by atoms with Crippen LogP contribution in [0, 0.1) is 0 Å². The van der Waals surface area contributed by atoms with Crippen LogP contribution in [-0.4, -0.2) is 39.7 Å². The molecule has 5 aromatic rings. The van der Waals surface area contributed by atoms with Crippen LogP contribution in [-0.2, 0) is 19.5 Å². The highest BCUT2D eigenvalue weighted by Crippen LogP contribution is 2.23. The SMILES string of the molecule is O=c1c(-c2cccnc2)nc2cnc(NCc3ccc(Cl)c(Cl)c3)nc2n1CCc1nc[nH]n1. The van der Waals surface area contributed by atoms with Gasteiger partial charge in [-0.05, 0) is 29.8 Å². The summed E-state index contributed by atoms with van der Waals surface area (Å²) in [7, 11) is 0. The van der Waals surface area contributed by atoms with Gasteiger partial charge in [-0.15, -0.1) is 0 Å². The summed E-state index contributed by atoms with van der Waals surface area (Å²) in [5.41, 5.74) is 2.39. The van der Waals surface area contributed by atoms with Crippen LogP contribution < -0.4 is 10.9 Å². The quantitative estimate of drug-likeness (QED) is 0.352. The molecule has 2 N–H and O–H groups in total. The second-order valence-corrected chi connectivity index (χ2v) is 8.14. The van der Waals surface area contributed by atoms with Crippen LogP contribution in [0.2, 0.25) is 10.0 Å². The van der Waals surface area contributed by atoms with Crippen LogP contribution in [0.5, 0.6) is 0 Å². The molecule has 0 saturated heterocycles. The first kappa shape index (κ1) is 21.9. The Balaban J connectivity index is 1.52. The number of hydrogen-bond acceptors (Lipinski definition) is 8.